The molecule has 2 fully saturated rings. The van der Waals surface area contributed by atoms with Gasteiger partial charge < -0.3 is 9.67 Å². The highest BCUT2D eigenvalue weighted by Crippen LogP contribution is 2.75. The monoisotopic (exact) mass is 340 g/mol. The van der Waals surface area contributed by atoms with Crippen LogP contribution in [-0.2, 0) is 4.57 Å². The fourth-order valence-corrected chi connectivity index (χ4v) is 9.30. The molecule has 0 spiro atoms. The maximum atomic E-state index is 14.6. The van der Waals surface area contributed by atoms with Gasteiger partial charge in [0.05, 0.1) is 0 Å². The minimum Gasteiger partial charge on any atom is -0.381 e. The summed E-state index contributed by atoms with van der Waals surface area (Å²) in [4.78, 5) is 0. The normalized spacial score (nSPS) is 36.0. The molecule has 1 heterocycles. The van der Waals surface area contributed by atoms with Crippen molar-refractivity contribution in [2.75, 3.05) is 0 Å². The second kappa shape index (κ2) is 6.17. The quantitative estimate of drug-likeness (QED) is 0.773. The molecule has 24 heavy (non-hydrogen) atoms. The average molecular weight is 340 g/mol. The van der Waals surface area contributed by atoms with E-state index in [9.17, 15) is 9.67 Å². The molecule has 0 bridgehead atoms. The molecule has 2 aromatic carbocycles. The van der Waals surface area contributed by atoms with Crippen molar-refractivity contribution >= 4 is 12.4 Å². The van der Waals surface area contributed by atoms with Crippen LogP contribution in [0.1, 0.15) is 49.7 Å². The van der Waals surface area contributed by atoms with Crippen molar-refractivity contribution in [3.05, 3.63) is 66.2 Å². The highest BCUT2D eigenvalue weighted by molar-refractivity contribution is 7.73. The molecule has 2 nitrogen and oxygen atoms in total. The Bertz CT molecular complexity index is 743. The van der Waals surface area contributed by atoms with Crippen LogP contribution in [0, 0.1) is 5.92 Å². The van der Waals surface area contributed by atoms with Gasteiger partial charge >= 0.3 is 0 Å². The van der Waals surface area contributed by atoms with Crippen LogP contribution in [0.25, 0.3) is 0 Å². The van der Waals surface area contributed by atoms with E-state index in [1.165, 1.54) is 0 Å². The van der Waals surface area contributed by atoms with Crippen molar-refractivity contribution in [3.63, 3.8) is 0 Å². The van der Waals surface area contributed by atoms with E-state index in [1.54, 1.807) is 0 Å². The van der Waals surface area contributed by atoms with Gasteiger partial charge in [0.15, 0.2) is 7.14 Å². The van der Waals surface area contributed by atoms with Crippen LogP contribution >= 0.6 is 7.14 Å². The number of hydrogen-bond donors (Lipinski definition) is 1. The third-order valence-electron chi connectivity index (χ3n) is 6.13. The van der Waals surface area contributed by atoms with Gasteiger partial charge in [0.1, 0.15) is 5.34 Å². The Labute approximate surface area is 144 Å². The van der Waals surface area contributed by atoms with Crippen LogP contribution < -0.4 is 5.30 Å². The molecule has 1 aliphatic carbocycles. The van der Waals surface area contributed by atoms with E-state index in [0.717, 1.165) is 43.0 Å². The van der Waals surface area contributed by atoms with Crippen molar-refractivity contribution in [2.45, 2.75) is 49.5 Å². The van der Waals surface area contributed by atoms with Gasteiger partial charge in [-0.15, -0.1) is 0 Å². The summed E-state index contributed by atoms with van der Waals surface area (Å²) in [5, 5.41) is 11.6. The van der Waals surface area contributed by atoms with Crippen molar-refractivity contribution < 1.29 is 9.67 Å². The number of aliphatic hydroxyl groups is 1. The van der Waals surface area contributed by atoms with Gasteiger partial charge in [0, 0.05) is 11.0 Å². The Morgan fingerprint density at radius 3 is 2.25 bits per heavy atom. The van der Waals surface area contributed by atoms with Crippen LogP contribution in [0.4, 0.5) is 0 Å². The summed E-state index contributed by atoms with van der Waals surface area (Å²) in [6.45, 7) is 0. The Balaban J connectivity index is 1.90. The number of rotatable bonds is 2. The lowest BCUT2D eigenvalue weighted by molar-refractivity contribution is 0.0113. The SMILES string of the molecule is O=P1(c2ccccc2)C(c2ccccc2)CCC2CCCCC21O. The lowest BCUT2D eigenvalue weighted by atomic mass is 9.81. The molecule has 3 heteroatoms. The predicted octanol–water partition coefficient (Wildman–Crippen LogP) is 5.09. The van der Waals surface area contributed by atoms with E-state index in [1.807, 2.05) is 48.5 Å². The molecule has 0 aromatic heterocycles. The average Bonchev–Trinajstić information content (AvgIpc) is 2.64. The molecular formula is C21H25O2P. The molecule has 4 rings (SSSR count). The van der Waals surface area contributed by atoms with Gasteiger partial charge in [-0.05, 0) is 37.2 Å². The summed E-state index contributed by atoms with van der Waals surface area (Å²) in [5.41, 5.74) is 1.04. The summed E-state index contributed by atoms with van der Waals surface area (Å²) in [6, 6.07) is 20.0. The number of hydrogen-bond acceptors (Lipinski definition) is 2. The summed E-state index contributed by atoms with van der Waals surface area (Å²) < 4.78 is 14.6. The molecule has 1 aliphatic heterocycles. The van der Waals surface area contributed by atoms with E-state index in [2.05, 4.69) is 12.1 Å². The van der Waals surface area contributed by atoms with Gasteiger partial charge in [-0.2, -0.15) is 0 Å². The van der Waals surface area contributed by atoms with Gasteiger partial charge in [-0.25, -0.2) is 0 Å². The lowest BCUT2D eigenvalue weighted by Gasteiger charge is -2.52. The first kappa shape index (κ1) is 16.1. The zero-order valence-corrected chi connectivity index (χ0v) is 14.9. The maximum absolute atomic E-state index is 14.6. The highest BCUT2D eigenvalue weighted by atomic mass is 31.2. The first-order chi connectivity index (χ1) is 11.7. The Kier molecular flexibility index (Phi) is 4.14. The van der Waals surface area contributed by atoms with Crippen molar-refractivity contribution in [1.82, 2.24) is 0 Å². The van der Waals surface area contributed by atoms with Crippen LogP contribution in [0.3, 0.4) is 0 Å². The summed E-state index contributed by atoms with van der Waals surface area (Å²) in [6.07, 6.45) is 5.70. The van der Waals surface area contributed by atoms with Crippen LogP contribution in [-0.4, -0.2) is 10.4 Å². The lowest BCUT2D eigenvalue weighted by Crippen LogP contribution is -2.47. The first-order valence-corrected chi connectivity index (χ1v) is 10.9. The predicted molar refractivity (Wildman–Crippen MR) is 99.0 cm³/mol. The van der Waals surface area contributed by atoms with Crippen molar-refractivity contribution in [1.29, 1.82) is 0 Å². The topological polar surface area (TPSA) is 37.3 Å². The fraction of sp³-hybridized carbons (Fsp3) is 0.429. The standard InChI is InChI=1S/C21H25O2P/c22-21-16-8-7-11-18(21)14-15-20(17-9-3-1-4-10-17)24(21,23)19-12-5-2-6-13-19/h1-6,9-10,12-13,18,20,22H,7-8,11,14-16H2. The largest absolute Gasteiger partial charge is 0.381 e. The zero-order chi connectivity index (χ0) is 16.6. The fourth-order valence-electron chi connectivity index (χ4n) is 4.94. The summed E-state index contributed by atoms with van der Waals surface area (Å²) >= 11 is 0. The molecule has 2 aliphatic rings. The maximum Gasteiger partial charge on any atom is 0.152 e. The van der Waals surface area contributed by atoms with E-state index in [0.29, 0.717) is 6.42 Å². The van der Waals surface area contributed by atoms with Crippen LogP contribution in [0.2, 0.25) is 0 Å². The molecule has 1 saturated heterocycles. The van der Waals surface area contributed by atoms with E-state index < -0.39 is 12.5 Å². The third-order valence-corrected chi connectivity index (χ3v) is 10.4. The second-order valence-corrected chi connectivity index (χ2v) is 10.5. The molecular weight excluding hydrogens is 315 g/mol. The van der Waals surface area contributed by atoms with Crippen LogP contribution in [0.5, 0.6) is 0 Å². The Morgan fingerprint density at radius 2 is 1.54 bits per heavy atom. The molecule has 1 N–H and O–H groups in total. The molecule has 126 valence electrons. The molecule has 1 saturated carbocycles. The highest BCUT2D eigenvalue weighted by Gasteiger charge is 2.59. The van der Waals surface area contributed by atoms with E-state index in [4.69, 9.17) is 0 Å². The van der Waals surface area contributed by atoms with Crippen molar-refractivity contribution in [3.8, 4) is 0 Å². The number of fused-ring (bicyclic) bond motifs is 1. The van der Waals surface area contributed by atoms with Gasteiger partial charge in [-0.3, -0.25) is 0 Å². The summed E-state index contributed by atoms with van der Waals surface area (Å²) in [5.74, 6) is 0.178. The van der Waals surface area contributed by atoms with E-state index in [-0.39, 0.29) is 11.6 Å². The van der Waals surface area contributed by atoms with Gasteiger partial charge in [-0.1, -0.05) is 73.5 Å². The molecule has 4 atom stereocenters. The van der Waals surface area contributed by atoms with Gasteiger partial charge in [0.25, 0.3) is 0 Å². The van der Waals surface area contributed by atoms with Gasteiger partial charge in [0.2, 0.25) is 0 Å². The van der Waals surface area contributed by atoms with Crippen LogP contribution in [0.15, 0.2) is 60.7 Å². The minimum absolute atomic E-state index is 0.0690. The summed E-state index contributed by atoms with van der Waals surface area (Å²) in [7, 11) is -2.99. The minimum atomic E-state index is -2.99. The molecule has 2 aromatic rings. The molecule has 4 unspecified atom stereocenters. The van der Waals surface area contributed by atoms with E-state index >= 15 is 0 Å². The van der Waals surface area contributed by atoms with Crippen molar-refractivity contribution in [2.24, 2.45) is 5.92 Å². The third kappa shape index (κ3) is 2.31. The Hall–Kier alpha value is -1.37. The molecule has 0 radical (unpaired) electrons. The Morgan fingerprint density at radius 1 is 0.875 bits per heavy atom. The second-order valence-electron chi connectivity index (χ2n) is 7.32. The smallest absolute Gasteiger partial charge is 0.152 e. The zero-order valence-electron chi connectivity index (χ0n) is 14.0. The molecule has 0 amide bonds. The first-order valence-electron chi connectivity index (χ1n) is 9.09. The number of benzene rings is 2.